The van der Waals surface area contributed by atoms with Crippen molar-refractivity contribution in [1.82, 2.24) is 15.3 Å². The molecule has 0 aliphatic rings. The van der Waals surface area contributed by atoms with Crippen molar-refractivity contribution in [2.24, 2.45) is 0 Å². The van der Waals surface area contributed by atoms with Gasteiger partial charge in [0.1, 0.15) is 22.7 Å². The zero-order valence-corrected chi connectivity index (χ0v) is 15.8. The fourth-order valence-corrected chi connectivity index (χ4v) is 2.81. The van der Waals surface area contributed by atoms with E-state index in [1.807, 2.05) is 27.7 Å². The van der Waals surface area contributed by atoms with Gasteiger partial charge in [0.25, 0.3) is 5.91 Å². The molecule has 0 spiro atoms. The molecule has 0 saturated carbocycles. The molecule has 7 nitrogen and oxygen atoms in total. The first-order chi connectivity index (χ1) is 12.9. The Morgan fingerprint density at radius 2 is 2.11 bits per heavy atom. The van der Waals surface area contributed by atoms with E-state index >= 15 is 0 Å². The lowest BCUT2D eigenvalue weighted by Gasteiger charge is -2.14. The molecule has 0 aliphatic carbocycles. The summed E-state index contributed by atoms with van der Waals surface area (Å²) >= 11 is 0. The highest BCUT2D eigenvalue weighted by Gasteiger charge is 2.20. The number of aromatic amines is 1. The van der Waals surface area contributed by atoms with Crippen molar-refractivity contribution in [3.05, 3.63) is 58.0 Å². The van der Waals surface area contributed by atoms with E-state index in [4.69, 9.17) is 9.15 Å². The van der Waals surface area contributed by atoms with Gasteiger partial charge in [0.05, 0.1) is 12.1 Å². The minimum absolute atomic E-state index is 0.00966. The monoisotopic (exact) mass is 369 g/mol. The van der Waals surface area contributed by atoms with Crippen molar-refractivity contribution in [1.29, 1.82) is 0 Å². The fraction of sp³-hybridized carbons (Fsp3) is 0.350. The molecule has 1 unspecified atom stereocenters. The topological polar surface area (TPSA) is 97.2 Å². The van der Waals surface area contributed by atoms with E-state index in [1.54, 1.807) is 24.4 Å². The number of hydrogen-bond acceptors (Lipinski definition) is 5. The van der Waals surface area contributed by atoms with E-state index in [9.17, 15) is 9.59 Å². The lowest BCUT2D eigenvalue weighted by molar-refractivity contribution is 0.0930. The summed E-state index contributed by atoms with van der Waals surface area (Å²) in [6.45, 7) is 7.65. The summed E-state index contributed by atoms with van der Waals surface area (Å²) in [7, 11) is 0. The molecule has 0 bridgehead atoms. The van der Waals surface area contributed by atoms with Crippen LogP contribution in [0.1, 0.15) is 55.1 Å². The number of rotatable bonds is 6. The van der Waals surface area contributed by atoms with E-state index in [0.29, 0.717) is 29.0 Å². The first kappa shape index (κ1) is 18.7. The molecule has 0 fully saturated rings. The van der Waals surface area contributed by atoms with Crippen molar-refractivity contribution in [2.75, 3.05) is 0 Å². The van der Waals surface area contributed by atoms with Crippen LogP contribution >= 0.6 is 0 Å². The molecule has 3 aromatic rings. The molecular weight excluding hydrogens is 346 g/mol. The van der Waals surface area contributed by atoms with Gasteiger partial charge in [-0.15, -0.1) is 0 Å². The van der Waals surface area contributed by atoms with Crippen LogP contribution in [-0.2, 0) is 0 Å². The molecule has 3 rings (SSSR count). The lowest BCUT2D eigenvalue weighted by atomic mass is 10.1. The number of aromatic nitrogens is 2. The van der Waals surface area contributed by atoms with E-state index in [1.165, 1.54) is 6.07 Å². The number of carbonyl (C=O) groups is 1. The largest absolute Gasteiger partial charge is 0.491 e. The van der Waals surface area contributed by atoms with Gasteiger partial charge in [0, 0.05) is 23.3 Å². The third kappa shape index (κ3) is 4.19. The van der Waals surface area contributed by atoms with Crippen molar-refractivity contribution in [3.8, 4) is 5.75 Å². The van der Waals surface area contributed by atoms with Crippen LogP contribution in [-0.4, -0.2) is 22.0 Å². The quantitative estimate of drug-likeness (QED) is 0.648. The van der Waals surface area contributed by atoms with Gasteiger partial charge in [0.2, 0.25) is 0 Å². The Balaban J connectivity index is 1.88. The number of ether oxygens (including phenoxy) is 1. The average molecular weight is 369 g/mol. The third-order valence-electron chi connectivity index (χ3n) is 4.09. The Hall–Kier alpha value is -3.09. The van der Waals surface area contributed by atoms with Crippen LogP contribution in [0.2, 0.25) is 0 Å². The molecule has 1 atom stereocenters. The first-order valence-corrected chi connectivity index (χ1v) is 8.94. The van der Waals surface area contributed by atoms with Crippen molar-refractivity contribution >= 4 is 16.9 Å². The number of H-pyrrole nitrogens is 1. The Morgan fingerprint density at radius 3 is 2.74 bits per heavy atom. The molecule has 2 aromatic heterocycles. The molecule has 0 aliphatic heterocycles. The summed E-state index contributed by atoms with van der Waals surface area (Å²) in [5.41, 5.74) is 0.555. The van der Waals surface area contributed by atoms with Crippen LogP contribution in [0.3, 0.4) is 0 Å². The molecule has 2 heterocycles. The molecule has 7 heteroatoms. The number of nitrogens with zero attached hydrogens (tertiary/aromatic N) is 1. The molecular formula is C20H23N3O4. The molecule has 27 heavy (non-hydrogen) atoms. The zero-order valence-electron chi connectivity index (χ0n) is 15.8. The Bertz CT molecular complexity index is 1020. The highest BCUT2D eigenvalue weighted by atomic mass is 16.5. The standard InChI is InChI=1S/C20H23N3O4/c1-5-16(18-21-10-12(4)22-18)23-19(24)15-8-13-6-7-14(26-11(2)3)9-17(13)27-20(15)25/h6-11,16H,5H2,1-4H3,(H,21,22)(H,23,24). The second-order valence-corrected chi connectivity index (χ2v) is 6.70. The Labute approximate surface area is 156 Å². The predicted octanol–water partition coefficient (Wildman–Crippen LogP) is 3.49. The van der Waals surface area contributed by atoms with Gasteiger partial charge in [0.15, 0.2) is 0 Å². The molecule has 0 radical (unpaired) electrons. The number of nitrogens with one attached hydrogen (secondary N) is 2. The maximum atomic E-state index is 12.6. The van der Waals surface area contributed by atoms with Gasteiger partial charge in [-0.25, -0.2) is 9.78 Å². The van der Waals surface area contributed by atoms with Gasteiger partial charge in [-0.2, -0.15) is 0 Å². The Kier molecular flexibility index (Phi) is 5.30. The second kappa shape index (κ2) is 7.65. The molecule has 2 N–H and O–H groups in total. The summed E-state index contributed by atoms with van der Waals surface area (Å²) in [6.07, 6.45) is 2.34. The van der Waals surface area contributed by atoms with E-state index in [-0.39, 0.29) is 17.7 Å². The molecule has 1 amide bonds. The van der Waals surface area contributed by atoms with Crippen LogP contribution in [0, 0.1) is 6.92 Å². The van der Waals surface area contributed by atoms with E-state index < -0.39 is 11.5 Å². The summed E-state index contributed by atoms with van der Waals surface area (Å²) in [5.74, 6) is 0.773. The molecule has 1 aromatic carbocycles. The average Bonchev–Trinajstić information content (AvgIpc) is 3.04. The van der Waals surface area contributed by atoms with Crippen LogP contribution in [0.4, 0.5) is 0 Å². The van der Waals surface area contributed by atoms with Crippen molar-refractivity contribution in [2.45, 2.75) is 46.3 Å². The van der Waals surface area contributed by atoms with E-state index in [0.717, 1.165) is 5.69 Å². The molecule has 142 valence electrons. The zero-order chi connectivity index (χ0) is 19.6. The van der Waals surface area contributed by atoms with Crippen LogP contribution in [0.25, 0.3) is 11.0 Å². The fourth-order valence-electron chi connectivity index (χ4n) is 2.81. The minimum Gasteiger partial charge on any atom is -0.491 e. The maximum absolute atomic E-state index is 12.6. The number of carbonyl (C=O) groups excluding carboxylic acids is 1. The minimum atomic E-state index is -0.688. The van der Waals surface area contributed by atoms with Gasteiger partial charge < -0.3 is 19.5 Å². The predicted molar refractivity (Wildman–Crippen MR) is 102 cm³/mol. The number of aryl methyl sites for hydroxylation is 1. The number of hydrogen-bond donors (Lipinski definition) is 2. The number of imidazole rings is 1. The summed E-state index contributed by atoms with van der Waals surface area (Å²) < 4.78 is 10.9. The SMILES string of the molecule is CCC(NC(=O)c1cc2ccc(OC(C)C)cc2oc1=O)c1ncc(C)[nH]1. The number of fused-ring (bicyclic) bond motifs is 1. The van der Waals surface area contributed by atoms with Gasteiger partial charge in [-0.1, -0.05) is 6.92 Å². The maximum Gasteiger partial charge on any atom is 0.349 e. The summed E-state index contributed by atoms with van der Waals surface area (Å²) in [5, 5.41) is 3.49. The third-order valence-corrected chi connectivity index (χ3v) is 4.09. The molecule has 0 saturated heterocycles. The first-order valence-electron chi connectivity index (χ1n) is 8.94. The van der Waals surface area contributed by atoms with Crippen LogP contribution < -0.4 is 15.7 Å². The van der Waals surface area contributed by atoms with Crippen molar-refractivity contribution in [3.63, 3.8) is 0 Å². The Morgan fingerprint density at radius 1 is 1.33 bits per heavy atom. The number of benzene rings is 1. The highest BCUT2D eigenvalue weighted by molar-refractivity contribution is 5.96. The van der Waals surface area contributed by atoms with Gasteiger partial charge in [-0.05, 0) is 45.4 Å². The van der Waals surface area contributed by atoms with Crippen molar-refractivity contribution < 1.29 is 13.9 Å². The summed E-state index contributed by atoms with van der Waals surface area (Å²) in [4.78, 5) is 32.3. The van der Waals surface area contributed by atoms with Gasteiger partial charge in [-0.3, -0.25) is 4.79 Å². The smallest absolute Gasteiger partial charge is 0.349 e. The lowest BCUT2D eigenvalue weighted by Crippen LogP contribution is -2.32. The summed E-state index contributed by atoms with van der Waals surface area (Å²) in [6, 6.07) is 6.42. The van der Waals surface area contributed by atoms with Crippen LogP contribution in [0.5, 0.6) is 5.75 Å². The van der Waals surface area contributed by atoms with Gasteiger partial charge >= 0.3 is 5.63 Å². The van der Waals surface area contributed by atoms with Crippen LogP contribution in [0.15, 0.2) is 39.7 Å². The number of amides is 1. The normalized spacial score (nSPS) is 12.3. The second-order valence-electron chi connectivity index (χ2n) is 6.70. The van der Waals surface area contributed by atoms with E-state index in [2.05, 4.69) is 15.3 Å². The highest BCUT2D eigenvalue weighted by Crippen LogP contribution is 2.22.